The molecule has 5 nitrogen and oxygen atoms in total. The van der Waals surface area contributed by atoms with E-state index in [9.17, 15) is 9.90 Å². The highest BCUT2D eigenvalue weighted by Gasteiger charge is 2.64. The van der Waals surface area contributed by atoms with Gasteiger partial charge in [-0.25, -0.2) is 4.79 Å². The molecule has 0 aromatic heterocycles. The summed E-state index contributed by atoms with van der Waals surface area (Å²) in [7, 11) is 1.47. The highest BCUT2D eigenvalue weighted by Crippen LogP contribution is 2.57. The topological polar surface area (TPSA) is 53.0 Å². The van der Waals surface area contributed by atoms with E-state index in [4.69, 9.17) is 4.74 Å². The number of ether oxygens (including phenoxy) is 1. The number of anilines is 1. The van der Waals surface area contributed by atoms with Gasteiger partial charge in [-0.15, -0.1) is 0 Å². The Balaban J connectivity index is 1.74. The van der Waals surface area contributed by atoms with Crippen LogP contribution in [0.2, 0.25) is 0 Å². The molecule has 3 fully saturated rings. The van der Waals surface area contributed by atoms with Gasteiger partial charge in [0.2, 0.25) is 0 Å². The maximum Gasteiger partial charge on any atom is 0.329 e. The number of benzene rings is 1. The van der Waals surface area contributed by atoms with Crippen LogP contribution in [0.1, 0.15) is 25.3 Å². The molecule has 5 rings (SSSR count). The number of nitrogens with zero attached hydrogens (tertiary/aromatic N) is 2. The van der Waals surface area contributed by atoms with Gasteiger partial charge in [-0.05, 0) is 25.8 Å². The minimum absolute atomic E-state index is 0.0718. The van der Waals surface area contributed by atoms with Crippen LogP contribution in [-0.4, -0.2) is 54.3 Å². The van der Waals surface area contributed by atoms with Crippen molar-refractivity contribution in [3.8, 4) is 0 Å². The lowest BCUT2D eigenvalue weighted by Gasteiger charge is -2.59. The number of fused-ring (bicyclic) bond motifs is 4. The van der Waals surface area contributed by atoms with Crippen LogP contribution in [0.4, 0.5) is 5.69 Å². The molecule has 0 unspecified atom stereocenters. The maximum absolute atomic E-state index is 12.8. The summed E-state index contributed by atoms with van der Waals surface area (Å²) < 4.78 is 5.21. The summed E-state index contributed by atoms with van der Waals surface area (Å²) in [4.78, 5) is 17.5. The third-order valence-electron chi connectivity index (χ3n) is 6.90. The molecular formula is C20H24N2O3. The van der Waals surface area contributed by atoms with E-state index in [0.29, 0.717) is 6.42 Å². The Morgan fingerprint density at radius 2 is 2.20 bits per heavy atom. The number of hydrogen-bond acceptors (Lipinski definition) is 5. The third-order valence-corrected chi connectivity index (χ3v) is 6.90. The summed E-state index contributed by atoms with van der Waals surface area (Å²) in [6.45, 7) is 3.86. The Labute approximate surface area is 147 Å². The molecule has 0 spiro atoms. The van der Waals surface area contributed by atoms with Gasteiger partial charge in [0, 0.05) is 36.3 Å². The monoisotopic (exact) mass is 340 g/mol. The zero-order valence-electron chi connectivity index (χ0n) is 14.7. The lowest BCUT2D eigenvalue weighted by atomic mass is 9.68. The molecule has 5 heteroatoms. The zero-order valence-corrected chi connectivity index (χ0v) is 14.7. The molecule has 1 aromatic carbocycles. The fourth-order valence-corrected chi connectivity index (χ4v) is 5.86. The SMILES string of the molecule is C/C=C1\CN2CC[C@]3(O)c4ccccc4N4[C@H](C(=O)OC)[C@H]1C[C@H]2[C@@H]43. The number of esters is 1. The Kier molecular flexibility index (Phi) is 3.13. The molecule has 1 N–H and O–H groups in total. The third kappa shape index (κ3) is 1.78. The van der Waals surface area contributed by atoms with Crippen LogP contribution in [0.5, 0.6) is 0 Å². The average Bonchev–Trinajstić information content (AvgIpc) is 2.91. The number of carbonyl (C=O) groups is 1. The Hall–Kier alpha value is -1.85. The molecule has 25 heavy (non-hydrogen) atoms. The second-order valence-corrected chi connectivity index (χ2v) is 7.76. The van der Waals surface area contributed by atoms with E-state index in [1.54, 1.807) is 0 Å². The fourth-order valence-electron chi connectivity index (χ4n) is 5.86. The van der Waals surface area contributed by atoms with Gasteiger partial charge in [0.1, 0.15) is 11.6 Å². The molecule has 1 aromatic rings. The van der Waals surface area contributed by atoms with E-state index in [2.05, 4.69) is 22.8 Å². The number of para-hydroxylation sites is 1. The van der Waals surface area contributed by atoms with Crippen molar-refractivity contribution in [1.82, 2.24) is 4.90 Å². The van der Waals surface area contributed by atoms with Gasteiger partial charge in [-0.3, -0.25) is 4.90 Å². The van der Waals surface area contributed by atoms with Gasteiger partial charge in [0.25, 0.3) is 0 Å². The van der Waals surface area contributed by atoms with Gasteiger partial charge in [-0.2, -0.15) is 0 Å². The average molecular weight is 340 g/mol. The number of allylic oxidation sites excluding steroid dienone is 1. The van der Waals surface area contributed by atoms with Crippen LogP contribution in [0.25, 0.3) is 0 Å². The molecule has 4 aliphatic rings. The first-order valence-electron chi connectivity index (χ1n) is 9.17. The van der Waals surface area contributed by atoms with Crippen LogP contribution < -0.4 is 4.90 Å². The van der Waals surface area contributed by atoms with Crippen molar-refractivity contribution < 1.29 is 14.6 Å². The molecule has 0 amide bonds. The standard InChI is InChI=1S/C20H24N2O3/c1-3-12-11-21-9-8-20(24)14-6-4-5-7-15(14)22-17(19(23)25-2)13(12)10-16(21)18(20)22/h3-7,13,16-18,24H,8-11H2,1-2H3/b12-3+/t13-,16-,17-,18+,20-/m0/s1. The number of rotatable bonds is 1. The predicted molar refractivity (Wildman–Crippen MR) is 94.3 cm³/mol. The summed E-state index contributed by atoms with van der Waals surface area (Å²) >= 11 is 0. The van der Waals surface area contributed by atoms with Crippen molar-refractivity contribution in [2.45, 2.75) is 43.5 Å². The highest BCUT2D eigenvalue weighted by molar-refractivity contribution is 5.84. The Morgan fingerprint density at radius 1 is 1.40 bits per heavy atom. The van der Waals surface area contributed by atoms with Gasteiger partial charge >= 0.3 is 5.97 Å². The molecule has 3 saturated heterocycles. The van der Waals surface area contributed by atoms with Gasteiger partial charge < -0.3 is 14.7 Å². The van der Waals surface area contributed by atoms with Crippen LogP contribution in [0.15, 0.2) is 35.9 Å². The maximum atomic E-state index is 12.8. The van der Waals surface area contributed by atoms with Gasteiger partial charge in [-0.1, -0.05) is 29.8 Å². The first-order chi connectivity index (χ1) is 12.1. The molecule has 2 bridgehead atoms. The molecule has 0 saturated carbocycles. The van der Waals surface area contributed by atoms with Gasteiger partial charge in [0.15, 0.2) is 0 Å². The number of methoxy groups -OCH3 is 1. The van der Waals surface area contributed by atoms with E-state index < -0.39 is 5.60 Å². The normalized spacial score (nSPS) is 40.1. The Bertz CT molecular complexity index is 776. The summed E-state index contributed by atoms with van der Waals surface area (Å²) in [5, 5.41) is 11.7. The van der Waals surface area contributed by atoms with Crippen molar-refractivity contribution in [3.05, 3.63) is 41.5 Å². The summed E-state index contributed by atoms with van der Waals surface area (Å²) in [5.74, 6) is -0.0377. The van der Waals surface area contributed by atoms with Crippen molar-refractivity contribution >= 4 is 11.7 Å². The van der Waals surface area contributed by atoms with Crippen LogP contribution in [0.3, 0.4) is 0 Å². The number of carbonyl (C=O) groups excluding carboxylic acids is 1. The largest absolute Gasteiger partial charge is 0.467 e. The molecule has 132 valence electrons. The number of piperidine rings is 3. The Morgan fingerprint density at radius 3 is 2.96 bits per heavy atom. The molecule has 5 atom stereocenters. The summed E-state index contributed by atoms with van der Waals surface area (Å²) in [6, 6.07) is 7.90. The summed E-state index contributed by atoms with van der Waals surface area (Å²) in [6.07, 6.45) is 3.79. The van der Waals surface area contributed by atoms with Crippen molar-refractivity contribution in [2.24, 2.45) is 5.92 Å². The first-order valence-corrected chi connectivity index (χ1v) is 9.17. The second kappa shape index (κ2) is 5.08. The number of hydrogen-bond donors (Lipinski definition) is 1. The minimum Gasteiger partial charge on any atom is -0.467 e. The molecule has 4 aliphatic heterocycles. The van der Waals surface area contributed by atoms with Crippen molar-refractivity contribution in [2.75, 3.05) is 25.1 Å². The smallest absolute Gasteiger partial charge is 0.329 e. The molecule has 0 radical (unpaired) electrons. The van der Waals surface area contributed by atoms with E-state index >= 15 is 0 Å². The lowest BCUT2D eigenvalue weighted by Crippen LogP contribution is -2.73. The van der Waals surface area contributed by atoms with E-state index in [1.807, 2.05) is 24.3 Å². The van der Waals surface area contributed by atoms with E-state index in [-0.39, 0.29) is 30.0 Å². The molecule has 0 aliphatic carbocycles. The molecule has 4 heterocycles. The van der Waals surface area contributed by atoms with Crippen LogP contribution in [-0.2, 0) is 15.1 Å². The van der Waals surface area contributed by atoms with Crippen molar-refractivity contribution in [1.29, 1.82) is 0 Å². The predicted octanol–water partition coefficient (Wildman–Crippen LogP) is 1.66. The number of aliphatic hydroxyl groups is 1. The van der Waals surface area contributed by atoms with Crippen LogP contribution in [0, 0.1) is 5.92 Å². The quantitative estimate of drug-likeness (QED) is 0.622. The highest BCUT2D eigenvalue weighted by atomic mass is 16.5. The molecular weight excluding hydrogens is 316 g/mol. The van der Waals surface area contributed by atoms with Crippen LogP contribution >= 0.6 is 0 Å². The summed E-state index contributed by atoms with van der Waals surface area (Å²) in [5.41, 5.74) is 2.42. The lowest BCUT2D eigenvalue weighted by molar-refractivity contribution is -0.148. The minimum atomic E-state index is -0.873. The zero-order chi connectivity index (χ0) is 17.3. The second-order valence-electron chi connectivity index (χ2n) is 7.76. The van der Waals surface area contributed by atoms with Crippen molar-refractivity contribution in [3.63, 3.8) is 0 Å². The van der Waals surface area contributed by atoms with Gasteiger partial charge in [0.05, 0.1) is 13.2 Å². The fraction of sp³-hybridized carbons (Fsp3) is 0.550. The van der Waals surface area contributed by atoms with E-state index in [0.717, 1.165) is 30.8 Å². The first kappa shape index (κ1) is 15.4. The van der Waals surface area contributed by atoms with E-state index in [1.165, 1.54) is 12.7 Å².